The largest absolute Gasteiger partial charge is 0.455 e. The van der Waals surface area contributed by atoms with E-state index in [4.69, 9.17) is 4.42 Å². The summed E-state index contributed by atoms with van der Waals surface area (Å²) in [6.45, 7) is 0. The number of benzene rings is 3. The minimum atomic E-state index is 0.909. The quantitative estimate of drug-likeness (QED) is 0.305. The van der Waals surface area contributed by atoms with Gasteiger partial charge in [-0.1, -0.05) is 91.0 Å². The summed E-state index contributed by atoms with van der Waals surface area (Å²) in [7, 11) is 0. The highest BCUT2D eigenvalue weighted by Gasteiger charge is 2.21. The fraction of sp³-hybridized carbons (Fsp3) is 0. The van der Waals surface area contributed by atoms with Crippen molar-refractivity contribution in [3.8, 4) is 33.9 Å². The van der Waals surface area contributed by atoms with E-state index in [0.717, 1.165) is 44.6 Å². The van der Waals surface area contributed by atoms with E-state index in [-0.39, 0.29) is 0 Å². The van der Waals surface area contributed by atoms with Crippen LogP contribution in [0.3, 0.4) is 0 Å². The zero-order valence-corrected chi connectivity index (χ0v) is 16.3. The van der Waals surface area contributed by atoms with Gasteiger partial charge in [0.15, 0.2) is 0 Å². The third-order valence-corrected chi connectivity index (χ3v) is 5.63. The molecule has 0 saturated carbocycles. The monoisotopic (exact) mass is 385 g/mol. The summed E-state index contributed by atoms with van der Waals surface area (Å²) in [6, 6.07) is 37.8. The van der Waals surface area contributed by atoms with E-state index in [1.54, 1.807) is 0 Å². The van der Waals surface area contributed by atoms with Crippen LogP contribution >= 0.6 is 0 Å². The molecule has 0 unspecified atom stereocenters. The average molecular weight is 385 g/mol. The predicted octanol–water partition coefficient (Wildman–Crippen LogP) is 7.69. The maximum Gasteiger partial charge on any atom is 0.144 e. The lowest BCUT2D eigenvalue weighted by Gasteiger charge is -2.06. The Morgan fingerprint density at radius 3 is 1.87 bits per heavy atom. The molecule has 0 amide bonds. The molecular formula is C28H19NO. The van der Waals surface area contributed by atoms with Crippen molar-refractivity contribution < 1.29 is 4.42 Å². The molecule has 0 N–H and O–H groups in total. The van der Waals surface area contributed by atoms with Crippen LogP contribution in [0.1, 0.15) is 0 Å². The average Bonchev–Trinajstić information content (AvgIpc) is 3.39. The second kappa shape index (κ2) is 6.78. The third kappa shape index (κ3) is 2.58. The number of rotatable bonds is 3. The highest BCUT2D eigenvalue weighted by atomic mass is 16.3. The van der Waals surface area contributed by atoms with Crippen molar-refractivity contribution in [3.05, 3.63) is 115 Å². The summed E-state index contributed by atoms with van der Waals surface area (Å²) in [5.74, 6) is 1.82. The Balaban J connectivity index is 1.70. The van der Waals surface area contributed by atoms with Crippen LogP contribution in [0.4, 0.5) is 0 Å². The topological polar surface area (TPSA) is 17.6 Å². The Morgan fingerprint density at radius 1 is 0.533 bits per heavy atom. The number of furan rings is 1. The Bertz CT molecular complexity index is 1470. The second-order valence-corrected chi connectivity index (χ2v) is 7.44. The van der Waals surface area contributed by atoms with Crippen LogP contribution in [0.15, 0.2) is 120 Å². The predicted molar refractivity (Wildman–Crippen MR) is 123 cm³/mol. The van der Waals surface area contributed by atoms with Gasteiger partial charge in [0.2, 0.25) is 0 Å². The van der Waals surface area contributed by atoms with E-state index < -0.39 is 0 Å². The van der Waals surface area contributed by atoms with Crippen LogP contribution in [0, 0.1) is 0 Å². The zero-order valence-electron chi connectivity index (χ0n) is 16.3. The first-order valence-corrected chi connectivity index (χ1v) is 10.1. The third-order valence-electron chi connectivity index (χ3n) is 5.63. The maximum atomic E-state index is 6.62. The lowest BCUT2D eigenvalue weighted by molar-refractivity contribution is 0.602. The molecule has 3 heterocycles. The van der Waals surface area contributed by atoms with Crippen molar-refractivity contribution in [1.29, 1.82) is 0 Å². The van der Waals surface area contributed by atoms with Crippen LogP contribution in [0.25, 0.3) is 50.2 Å². The van der Waals surface area contributed by atoms with E-state index in [2.05, 4.69) is 102 Å². The molecule has 0 saturated heterocycles. The van der Waals surface area contributed by atoms with Crippen LogP contribution in [-0.2, 0) is 0 Å². The van der Waals surface area contributed by atoms with Crippen LogP contribution in [0.2, 0.25) is 0 Å². The highest BCUT2D eigenvalue weighted by molar-refractivity contribution is 6.05. The molecule has 3 aromatic heterocycles. The molecule has 0 atom stereocenters. The molecule has 2 heteroatoms. The van der Waals surface area contributed by atoms with Gasteiger partial charge in [-0.3, -0.25) is 0 Å². The van der Waals surface area contributed by atoms with Gasteiger partial charge in [-0.2, -0.15) is 0 Å². The van der Waals surface area contributed by atoms with Crippen molar-refractivity contribution in [2.75, 3.05) is 0 Å². The van der Waals surface area contributed by atoms with Crippen molar-refractivity contribution in [1.82, 2.24) is 4.40 Å². The summed E-state index contributed by atoms with van der Waals surface area (Å²) in [5, 5.41) is 2.26. The van der Waals surface area contributed by atoms with E-state index >= 15 is 0 Å². The van der Waals surface area contributed by atoms with E-state index in [1.165, 1.54) is 5.56 Å². The lowest BCUT2D eigenvalue weighted by atomic mass is 10.0. The van der Waals surface area contributed by atoms with Crippen LogP contribution < -0.4 is 0 Å². The Labute approximate surface area is 174 Å². The molecule has 6 rings (SSSR count). The molecule has 0 spiro atoms. The van der Waals surface area contributed by atoms with Gasteiger partial charge in [0.25, 0.3) is 0 Å². The molecule has 0 aliphatic rings. The molecule has 30 heavy (non-hydrogen) atoms. The molecule has 0 aliphatic carbocycles. The van der Waals surface area contributed by atoms with Gasteiger partial charge in [-0.05, 0) is 23.8 Å². The van der Waals surface area contributed by atoms with Crippen molar-refractivity contribution in [2.45, 2.75) is 0 Å². The normalized spacial score (nSPS) is 11.3. The molecule has 0 radical (unpaired) electrons. The van der Waals surface area contributed by atoms with E-state index in [1.807, 2.05) is 18.2 Å². The van der Waals surface area contributed by atoms with Gasteiger partial charge in [0, 0.05) is 33.6 Å². The van der Waals surface area contributed by atoms with E-state index in [0.29, 0.717) is 0 Å². The fourth-order valence-electron chi connectivity index (χ4n) is 4.28. The number of hydrogen-bond acceptors (Lipinski definition) is 1. The van der Waals surface area contributed by atoms with Crippen molar-refractivity contribution in [3.63, 3.8) is 0 Å². The van der Waals surface area contributed by atoms with Crippen molar-refractivity contribution in [2.24, 2.45) is 0 Å². The van der Waals surface area contributed by atoms with Crippen molar-refractivity contribution >= 4 is 16.3 Å². The van der Waals surface area contributed by atoms with Crippen LogP contribution in [-0.4, -0.2) is 4.40 Å². The molecule has 2 nitrogen and oxygen atoms in total. The summed E-state index contributed by atoms with van der Waals surface area (Å²) in [6.07, 6.45) is 2.12. The summed E-state index contributed by atoms with van der Waals surface area (Å²) >= 11 is 0. The highest BCUT2D eigenvalue weighted by Crippen LogP contribution is 2.43. The van der Waals surface area contributed by atoms with Gasteiger partial charge >= 0.3 is 0 Å². The molecular weight excluding hydrogens is 366 g/mol. The number of hydrogen-bond donors (Lipinski definition) is 0. The van der Waals surface area contributed by atoms with Gasteiger partial charge in [-0.25, -0.2) is 0 Å². The molecule has 142 valence electrons. The van der Waals surface area contributed by atoms with Gasteiger partial charge in [0.05, 0.1) is 5.69 Å². The Kier molecular flexibility index (Phi) is 3.82. The molecule has 6 aromatic rings. The lowest BCUT2D eigenvalue weighted by Crippen LogP contribution is -1.88. The first-order valence-electron chi connectivity index (χ1n) is 10.1. The molecule has 0 fully saturated rings. The minimum absolute atomic E-state index is 0.909. The van der Waals surface area contributed by atoms with Crippen LogP contribution in [0.5, 0.6) is 0 Å². The van der Waals surface area contributed by atoms with Gasteiger partial charge in [-0.15, -0.1) is 0 Å². The number of aromatic nitrogens is 1. The fourth-order valence-corrected chi connectivity index (χ4v) is 4.28. The first-order chi connectivity index (χ1) is 14.9. The summed E-state index contributed by atoms with van der Waals surface area (Å²) in [4.78, 5) is 0. The first kappa shape index (κ1) is 16.9. The van der Waals surface area contributed by atoms with Gasteiger partial charge < -0.3 is 8.82 Å². The smallest absolute Gasteiger partial charge is 0.144 e. The zero-order chi connectivity index (χ0) is 19.9. The SMILES string of the molecule is c1ccc(-c2oc(-c3cc4ccccn4c3-c3ccccc3)c3ccccc23)cc1. The summed E-state index contributed by atoms with van der Waals surface area (Å²) in [5.41, 5.74) is 5.65. The minimum Gasteiger partial charge on any atom is -0.455 e. The number of nitrogens with zero attached hydrogens (tertiary/aromatic N) is 1. The number of fused-ring (bicyclic) bond motifs is 2. The maximum absolute atomic E-state index is 6.62. The van der Waals surface area contributed by atoms with Gasteiger partial charge in [0.1, 0.15) is 11.5 Å². The second-order valence-electron chi connectivity index (χ2n) is 7.44. The molecule has 0 bridgehead atoms. The molecule has 3 aromatic carbocycles. The standard InChI is InChI=1S/C28H19NO/c1-3-11-20(12-4-1)26-25(19-22-15-9-10-18-29(22)26)28-24-17-8-7-16-23(24)27(30-28)21-13-5-2-6-14-21/h1-19H. The number of pyridine rings is 1. The van der Waals surface area contributed by atoms with E-state index in [9.17, 15) is 0 Å². The Hall–Kier alpha value is -4.04. The summed E-state index contributed by atoms with van der Waals surface area (Å²) < 4.78 is 8.86. The Morgan fingerprint density at radius 2 is 1.13 bits per heavy atom. The molecule has 0 aliphatic heterocycles.